The zero-order valence-electron chi connectivity index (χ0n) is 13.6. The first kappa shape index (κ1) is 16.4. The van der Waals surface area contributed by atoms with Crippen LogP contribution in [0.1, 0.15) is 32.0 Å². The fourth-order valence-electron chi connectivity index (χ4n) is 2.92. The van der Waals surface area contributed by atoms with Gasteiger partial charge < -0.3 is 25.1 Å². The van der Waals surface area contributed by atoms with Gasteiger partial charge in [-0.3, -0.25) is 4.79 Å². The number of aromatic nitrogens is 1. The number of pyridine rings is 1. The Kier molecular flexibility index (Phi) is 3.84. The first-order chi connectivity index (χ1) is 11.9. The van der Waals surface area contributed by atoms with Gasteiger partial charge >= 0.3 is 5.97 Å². The summed E-state index contributed by atoms with van der Waals surface area (Å²) in [6, 6.07) is 7.20. The van der Waals surface area contributed by atoms with Crippen molar-refractivity contribution in [2.45, 2.75) is 6.92 Å². The number of ketones is 1. The summed E-state index contributed by atoms with van der Waals surface area (Å²) < 4.78 is 6.87. The van der Waals surface area contributed by atoms with Gasteiger partial charge in [0.1, 0.15) is 17.0 Å². The van der Waals surface area contributed by atoms with Crippen LogP contribution in [0, 0.1) is 6.92 Å². The maximum atomic E-state index is 13.0. The molecule has 0 unspecified atom stereocenters. The average Bonchev–Trinajstić information content (AvgIpc) is 2.87. The van der Waals surface area contributed by atoms with Crippen molar-refractivity contribution in [2.24, 2.45) is 0 Å². The van der Waals surface area contributed by atoms with Crippen molar-refractivity contribution in [3.8, 4) is 11.5 Å². The lowest BCUT2D eigenvalue weighted by Gasteiger charge is -2.07. The fraction of sp³-hybridized carbons (Fsp3) is 0.111. The second kappa shape index (κ2) is 5.86. The first-order valence-electron chi connectivity index (χ1n) is 7.41. The summed E-state index contributed by atoms with van der Waals surface area (Å²) in [5.74, 6) is -1.25. The number of anilines is 1. The second-order valence-corrected chi connectivity index (χ2v) is 5.56. The molecule has 0 spiro atoms. The van der Waals surface area contributed by atoms with E-state index < -0.39 is 11.8 Å². The molecule has 0 radical (unpaired) electrons. The van der Waals surface area contributed by atoms with E-state index in [4.69, 9.17) is 10.5 Å². The van der Waals surface area contributed by atoms with Gasteiger partial charge in [-0.05, 0) is 37.3 Å². The lowest BCUT2D eigenvalue weighted by atomic mass is 10.0. The molecule has 4 N–H and O–H groups in total. The maximum absolute atomic E-state index is 13.0. The number of carbonyl (C=O) groups is 2. The monoisotopic (exact) mass is 340 g/mol. The van der Waals surface area contributed by atoms with Crippen molar-refractivity contribution in [1.82, 2.24) is 4.40 Å². The summed E-state index contributed by atoms with van der Waals surface area (Å²) in [6.45, 7) is 1.70. The van der Waals surface area contributed by atoms with E-state index in [9.17, 15) is 19.8 Å². The number of nitrogens with zero attached hydrogens (tertiary/aromatic N) is 1. The van der Waals surface area contributed by atoms with Crippen molar-refractivity contribution >= 4 is 23.0 Å². The zero-order chi connectivity index (χ0) is 18.3. The lowest BCUT2D eigenvalue weighted by Crippen LogP contribution is -2.10. The van der Waals surface area contributed by atoms with E-state index in [2.05, 4.69) is 0 Å². The van der Waals surface area contributed by atoms with Crippen LogP contribution < -0.4 is 10.5 Å². The summed E-state index contributed by atoms with van der Waals surface area (Å²) in [7, 11) is 1.45. The van der Waals surface area contributed by atoms with Gasteiger partial charge in [0.05, 0.1) is 12.7 Å². The molecule has 0 fully saturated rings. The largest absolute Gasteiger partial charge is 0.506 e. The molecule has 0 aliphatic carbocycles. The highest BCUT2D eigenvalue weighted by Crippen LogP contribution is 2.36. The Morgan fingerprint density at radius 1 is 1.24 bits per heavy atom. The van der Waals surface area contributed by atoms with Crippen LogP contribution in [0.3, 0.4) is 0 Å². The van der Waals surface area contributed by atoms with E-state index >= 15 is 0 Å². The molecule has 0 bridgehead atoms. The van der Waals surface area contributed by atoms with Crippen LogP contribution in [-0.4, -0.2) is 33.5 Å². The summed E-state index contributed by atoms with van der Waals surface area (Å²) >= 11 is 0. The fourth-order valence-corrected chi connectivity index (χ4v) is 2.92. The van der Waals surface area contributed by atoms with Crippen LogP contribution in [-0.2, 0) is 0 Å². The Hall–Kier alpha value is -3.48. The van der Waals surface area contributed by atoms with Crippen LogP contribution >= 0.6 is 0 Å². The summed E-state index contributed by atoms with van der Waals surface area (Å²) in [5, 5.41) is 19.3. The van der Waals surface area contributed by atoms with Crippen LogP contribution in [0.25, 0.3) is 5.52 Å². The number of carboxylic acid groups (broad SMARTS) is 1. The predicted octanol–water partition coefficient (Wildman–Crippen LogP) is 2.47. The minimum atomic E-state index is -1.21. The number of nitrogens with two attached hydrogens (primary N) is 1. The molecule has 0 aliphatic rings. The van der Waals surface area contributed by atoms with Crippen LogP contribution in [0.4, 0.5) is 5.69 Å². The van der Waals surface area contributed by atoms with Crippen LogP contribution in [0.2, 0.25) is 0 Å². The third kappa shape index (κ3) is 2.46. The molecule has 25 heavy (non-hydrogen) atoms. The highest BCUT2D eigenvalue weighted by molar-refractivity contribution is 6.12. The quantitative estimate of drug-likeness (QED) is 0.496. The third-order valence-electron chi connectivity index (χ3n) is 4.09. The molecular formula is C18H16N2O5. The predicted molar refractivity (Wildman–Crippen MR) is 91.6 cm³/mol. The Morgan fingerprint density at radius 3 is 2.60 bits per heavy atom. The number of hydrogen-bond acceptors (Lipinski definition) is 5. The van der Waals surface area contributed by atoms with Crippen molar-refractivity contribution in [2.75, 3.05) is 12.8 Å². The third-order valence-corrected chi connectivity index (χ3v) is 4.09. The van der Waals surface area contributed by atoms with Gasteiger partial charge in [-0.15, -0.1) is 0 Å². The number of hydrogen-bond donors (Lipinski definition) is 3. The van der Waals surface area contributed by atoms with Crippen LogP contribution in [0.15, 0.2) is 36.5 Å². The average molecular weight is 340 g/mol. The normalized spacial score (nSPS) is 10.8. The van der Waals surface area contributed by atoms with Crippen molar-refractivity contribution in [3.05, 3.63) is 58.9 Å². The Morgan fingerprint density at radius 2 is 1.96 bits per heavy atom. The molecule has 2 heterocycles. The molecule has 0 saturated heterocycles. The van der Waals surface area contributed by atoms with Gasteiger partial charge in [0.15, 0.2) is 5.75 Å². The van der Waals surface area contributed by atoms with Crippen molar-refractivity contribution in [1.29, 1.82) is 0 Å². The highest BCUT2D eigenvalue weighted by atomic mass is 16.5. The number of benzene rings is 1. The number of aromatic hydroxyl groups is 1. The molecule has 2 aromatic heterocycles. The molecule has 1 aromatic carbocycles. The van der Waals surface area contributed by atoms with E-state index in [1.807, 2.05) is 0 Å². The van der Waals surface area contributed by atoms with Gasteiger partial charge in [0, 0.05) is 23.0 Å². The Balaban J connectivity index is 2.25. The molecule has 3 rings (SSSR count). The number of nitrogen functional groups attached to an aromatic ring is 1. The molecule has 0 aliphatic heterocycles. The minimum absolute atomic E-state index is 0.0231. The molecular weight excluding hydrogens is 324 g/mol. The van der Waals surface area contributed by atoms with E-state index in [1.165, 1.54) is 35.8 Å². The van der Waals surface area contributed by atoms with E-state index in [0.717, 1.165) is 0 Å². The van der Waals surface area contributed by atoms with Crippen molar-refractivity contribution < 1.29 is 24.5 Å². The SMILES string of the molecule is COc1c(C)c(C(=O)c2ccc(N)c(C(=O)O)c2)n2cccc(O)c12. The van der Waals surface area contributed by atoms with E-state index in [0.29, 0.717) is 16.8 Å². The van der Waals surface area contributed by atoms with Gasteiger partial charge in [-0.1, -0.05) is 0 Å². The summed E-state index contributed by atoms with van der Waals surface area (Å²) in [5.41, 5.74) is 6.97. The maximum Gasteiger partial charge on any atom is 0.337 e. The van der Waals surface area contributed by atoms with Gasteiger partial charge in [-0.2, -0.15) is 0 Å². The van der Waals surface area contributed by atoms with Gasteiger partial charge in [0.2, 0.25) is 5.78 Å². The molecule has 7 heteroatoms. The summed E-state index contributed by atoms with van der Waals surface area (Å²) in [6.07, 6.45) is 1.63. The molecule has 0 saturated carbocycles. The molecule has 3 aromatic rings. The topological polar surface area (TPSA) is 114 Å². The number of aromatic carboxylic acids is 1. The molecule has 7 nitrogen and oxygen atoms in total. The number of carboxylic acids is 1. The van der Waals surface area contributed by atoms with Gasteiger partial charge in [-0.25, -0.2) is 4.79 Å². The highest BCUT2D eigenvalue weighted by Gasteiger charge is 2.25. The second-order valence-electron chi connectivity index (χ2n) is 5.56. The summed E-state index contributed by atoms with van der Waals surface area (Å²) in [4.78, 5) is 24.3. The molecule has 128 valence electrons. The Bertz CT molecular complexity index is 1020. The number of methoxy groups -OCH3 is 1. The molecule has 0 amide bonds. The number of rotatable bonds is 4. The van der Waals surface area contributed by atoms with E-state index in [1.54, 1.807) is 19.2 Å². The number of ether oxygens (including phenoxy) is 1. The molecule has 0 atom stereocenters. The van der Waals surface area contributed by atoms with Crippen molar-refractivity contribution in [3.63, 3.8) is 0 Å². The Labute approximate surface area is 142 Å². The first-order valence-corrected chi connectivity index (χ1v) is 7.41. The van der Waals surface area contributed by atoms with Gasteiger partial charge in [0.25, 0.3) is 0 Å². The number of fused-ring (bicyclic) bond motifs is 1. The number of carbonyl (C=O) groups excluding carboxylic acids is 1. The minimum Gasteiger partial charge on any atom is -0.506 e. The lowest BCUT2D eigenvalue weighted by molar-refractivity contribution is 0.0698. The van der Waals surface area contributed by atoms with Crippen LogP contribution in [0.5, 0.6) is 11.5 Å². The van der Waals surface area contributed by atoms with E-state index in [-0.39, 0.29) is 28.3 Å². The zero-order valence-corrected chi connectivity index (χ0v) is 13.6. The standard InChI is InChI=1S/C18H16N2O5/c1-9-14(20-7-3-4-13(21)15(20)17(9)25-2)16(22)10-5-6-12(19)11(8-10)18(23)24/h3-8,21H,19H2,1-2H3,(H,23,24). The smallest absolute Gasteiger partial charge is 0.337 e.